The maximum Gasteiger partial charge on any atom is 0.260 e. The Morgan fingerprint density at radius 1 is 1.38 bits per heavy atom. The van der Waals surface area contributed by atoms with Gasteiger partial charge in [-0.25, -0.2) is 4.39 Å². The van der Waals surface area contributed by atoms with Crippen molar-refractivity contribution in [3.8, 4) is 18.1 Å². The van der Waals surface area contributed by atoms with Gasteiger partial charge in [-0.05, 0) is 36.4 Å². The topological polar surface area (TPSA) is 50.4 Å². The molecule has 0 saturated carbocycles. The standard InChI is InChI=1S/C19H14BrFN2O2S/c1-2-9-25-16-8-7-13(20)10-12(16)11-17-18(24)23-19(26-17)22-15-6-4-3-5-14(15)21/h1,3-8,10-11,19,22H,9H2,(H,23,24)/b17-11-. The lowest BCUT2D eigenvalue weighted by atomic mass is 10.2. The maximum atomic E-state index is 13.8. The molecule has 0 spiro atoms. The van der Waals surface area contributed by atoms with Gasteiger partial charge in [-0.1, -0.05) is 45.7 Å². The van der Waals surface area contributed by atoms with Crippen LogP contribution in [0.1, 0.15) is 5.56 Å². The molecule has 2 N–H and O–H groups in total. The van der Waals surface area contributed by atoms with Gasteiger partial charge in [-0.3, -0.25) is 4.79 Å². The van der Waals surface area contributed by atoms with Crippen LogP contribution in [0, 0.1) is 18.2 Å². The molecule has 0 aliphatic carbocycles. The molecule has 26 heavy (non-hydrogen) atoms. The van der Waals surface area contributed by atoms with Crippen molar-refractivity contribution < 1.29 is 13.9 Å². The third-order valence-corrected chi connectivity index (χ3v) is 4.98. The van der Waals surface area contributed by atoms with Gasteiger partial charge in [0, 0.05) is 10.0 Å². The highest BCUT2D eigenvalue weighted by Gasteiger charge is 2.28. The molecule has 1 aliphatic rings. The predicted molar refractivity (Wildman–Crippen MR) is 106 cm³/mol. The van der Waals surface area contributed by atoms with Crippen molar-refractivity contribution in [2.75, 3.05) is 11.9 Å². The first-order valence-corrected chi connectivity index (χ1v) is 9.30. The van der Waals surface area contributed by atoms with E-state index in [0.717, 1.165) is 10.0 Å². The summed E-state index contributed by atoms with van der Waals surface area (Å²) in [5.41, 5.74) is 0.582. The number of benzene rings is 2. The zero-order chi connectivity index (χ0) is 18.5. The van der Waals surface area contributed by atoms with Gasteiger partial charge in [0.2, 0.25) is 0 Å². The van der Waals surface area contributed by atoms with Crippen molar-refractivity contribution in [1.29, 1.82) is 0 Å². The summed E-state index contributed by atoms with van der Waals surface area (Å²) in [6, 6.07) is 11.8. The van der Waals surface area contributed by atoms with Crippen molar-refractivity contribution in [3.05, 3.63) is 63.2 Å². The minimum absolute atomic E-state index is 0.134. The number of hydrogen-bond acceptors (Lipinski definition) is 4. The summed E-state index contributed by atoms with van der Waals surface area (Å²) in [7, 11) is 0. The summed E-state index contributed by atoms with van der Waals surface area (Å²) < 4.78 is 20.1. The number of carbonyl (C=O) groups excluding carboxylic acids is 1. The molecule has 132 valence electrons. The number of hydrogen-bond donors (Lipinski definition) is 2. The lowest BCUT2D eigenvalue weighted by molar-refractivity contribution is -0.116. The second kappa shape index (κ2) is 8.30. The van der Waals surface area contributed by atoms with E-state index < -0.39 is 5.50 Å². The quantitative estimate of drug-likeness (QED) is 0.548. The van der Waals surface area contributed by atoms with Crippen LogP contribution in [-0.4, -0.2) is 18.0 Å². The van der Waals surface area contributed by atoms with Crippen molar-refractivity contribution >= 4 is 45.4 Å². The van der Waals surface area contributed by atoms with Gasteiger partial charge in [-0.15, -0.1) is 6.42 Å². The average molecular weight is 433 g/mol. The molecule has 1 fully saturated rings. The normalized spacial score (nSPS) is 17.7. The van der Waals surface area contributed by atoms with Gasteiger partial charge < -0.3 is 15.4 Å². The molecule has 1 heterocycles. The SMILES string of the molecule is C#CCOc1ccc(Br)cc1/C=C1\SC(Nc2ccccc2F)NC1=O. The Balaban J connectivity index is 1.80. The lowest BCUT2D eigenvalue weighted by Gasteiger charge is -2.13. The van der Waals surface area contributed by atoms with Crippen LogP contribution in [0.5, 0.6) is 5.75 Å². The summed E-state index contributed by atoms with van der Waals surface area (Å²) in [5, 5.41) is 5.73. The smallest absolute Gasteiger partial charge is 0.260 e. The van der Waals surface area contributed by atoms with Crippen molar-refractivity contribution in [3.63, 3.8) is 0 Å². The zero-order valence-corrected chi connectivity index (χ0v) is 15.9. The fourth-order valence-electron chi connectivity index (χ4n) is 2.31. The molecule has 1 unspecified atom stereocenters. The van der Waals surface area contributed by atoms with Gasteiger partial charge in [0.1, 0.15) is 18.2 Å². The van der Waals surface area contributed by atoms with E-state index in [1.165, 1.54) is 17.8 Å². The second-order valence-electron chi connectivity index (χ2n) is 5.28. The van der Waals surface area contributed by atoms with Crippen LogP contribution in [0.4, 0.5) is 10.1 Å². The Morgan fingerprint density at radius 2 is 2.19 bits per heavy atom. The third-order valence-electron chi connectivity index (χ3n) is 3.46. The van der Waals surface area contributed by atoms with E-state index in [2.05, 4.69) is 32.5 Å². The number of rotatable bonds is 5. The molecular weight excluding hydrogens is 419 g/mol. The van der Waals surface area contributed by atoms with E-state index >= 15 is 0 Å². The number of nitrogens with one attached hydrogen (secondary N) is 2. The Bertz CT molecular complexity index is 911. The molecule has 0 radical (unpaired) electrons. The second-order valence-corrected chi connectivity index (χ2v) is 7.34. The number of terminal acetylenes is 1. The maximum absolute atomic E-state index is 13.8. The van der Waals surface area contributed by atoms with Crippen LogP contribution < -0.4 is 15.4 Å². The number of ether oxygens (including phenoxy) is 1. The number of amides is 1. The largest absolute Gasteiger partial charge is 0.480 e. The monoisotopic (exact) mass is 432 g/mol. The summed E-state index contributed by atoms with van der Waals surface area (Å²) in [5.74, 6) is 2.37. The summed E-state index contributed by atoms with van der Waals surface area (Å²) in [4.78, 5) is 12.7. The highest BCUT2D eigenvalue weighted by molar-refractivity contribution is 9.10. The molecular formula is C19H14BrFN2O2S. The fraction of sp³-hybridized carbons (Fsp3) is 0.105. The Morgan fingerprint density at radius 3 is 2.96 bits per heavy atom. The molecule has 2 aromatic rings. The predicted octanol–water partition coefficient (Wildman–Crippen LogP) is 4.20. The first-order chi connectivity index (χ1) is 12.6. The lowest BCUT2D eigenvalue weighted by Crippen LogP contribution is -2.31. The molecule has 1 amide bonds. The first kappa shape index (κ1) is 18.4. The van der Waals surface area contributed by atoms with Crippen molar-refractivity contribution in [2.24, 2.45) is 0 Å². The highest BCUT2D eigenvalue weighted by atomic mass is 79.9. The van der Waals surface area contributed by atoms with Crippen LogP contribution in [0.15, 0.2) is 51.8 Å². The molecule has 1 aliphatic heterocycles. The summed E-state index contributed by atoms with van der Waals surface area (Å²) >= 11 is 4.67. The van der Waals surface area contributed by atoms with E-state index in [4.69, 9.17) is 11.2 Å². The van der Waals surface area contributed by atoms with Crippen LogP contribution >= 0.6 is 27.7 Å². The van der Waals surface area contributed by atoms with E-state index in [0.29, 0.717) is 16.3 Å². The Labute approximate surface area is 163 Å². The van der Waals surface area contributed by atoms with Gasteiger partial charge >= 0.3 is 0 Å². The van der Waals surface area contributed by atoms with Crippen LogP contribution in [0.3, 0.4) is 0 Å². The minimum Gasteiger partial charge on any atom is -0.480 e. The first-order valence-electron chi connectivity index (χ1n) is 7.63. The zero-order valence-electron chi connectivity index (χ0n) is 13.5. The Hall–Kier alpha value is -2.43. The number of thioether (sulfide) groups is 1. The average Bonchev–Trinajstić information content (AvgIpc) is 2.95. The minimum atomic E-state index is -0.465. The van der Waals surface area contributed by atoms with Crippen molar-refractivity contribution in [2.45, 2.75) is 5.50 Å². The molecule has 0 bridgehead atoms. The number of para-hydroxylation sites is 1. The number of halogens is 2. The summed E-state index contributed by atoms with van der Waals surface area (Å²) in [6.07, 6.45) is 6.96. The van der Waals surface area contributed by atoms with Gasteiger partial charge in [0.15, 0.2) is 5.50 Å². The summed E-state index contributed by atoms with van der Waals surface area (Å²) in [6.45, 7) is 0.134. The van der Waals surface area contributed by atoms with Crippen LogP contribution in [0.2, 0.25) is 0 Å². The highest BCUT2D eigenvalue weighted by Crippen LogP contribution is 2.33. The molecule has 1 atom stereocenters. The number of carbonyl (C=O) groups is 1. The van der Waals surface area contributed by atoms with E-state index in [1.807, 2.05) is 12.1 Å². The van der Waals surface area contributed by atoms with Crippen LogP contribution in [0.25, 0.3) is 6.08 Å². The molecule has 2 aromatic carbocycles. The van der Waals surface area contributed by atoms with Crippen LogP contribution in [-0.2, 0) is 4.79 Å². The third kappa shape index (κ3) is 4.40. The number of anilines is 1. The molecule has 3 rings (SSSR count). The van der Waals surface area contributed by atoms with E-state index in [1.54, 1.807) is 30.3 Å². The fourth-order valence-corrected chi connectivity index (χ4v) is 3.65. The van der Waals surface area contributed by atoms with E-state index in [-0.39, 0.29) is 18.3 Å². The molecule has 4 nitrogen and oxygen atoms in total. The van der Waals surface area contributed by atoms with Gasteiger partial charge in [0.25, 0.3) is 5.91 Å². The Kier molecular flexibility index (Phi) is 5.86. The van der Waals surface area contributed by atoms with E-state index in [9.17, 15) is 9.18 Å². The molecule has 7 heteroatoms. The van der Waals surface area contributed by atoms with Gasteiger partial charge in [-0.2, -0.15) is 0 Å². The van der Waals surface area contributed by atoms with Gasteiger partial charge in [0.05, 0.1) is 10.6 Å². The molecule has 1 saturated heterocycles. The molecule has 0 aromatic heterocycles. The van der Waals surface area contributed by atoms with Crippen molar-refractivity contribution in [1.82, 2.24) is 5.32 Å².